The number of aryl methyl sites for hydroxylation is 1. The lowest BCUT2D eigenvalue weighted by atomic mass is 10.2. The molecule has 0 radical (unpaired) electrons. The van der Waals surface area contributed by atoms with E-state index in [1.165, 1.54) is 7.11 Å². The Hall–Kier alpha value is -2.20. The number of carbonyl (C=O) groups is 3. The van der Waals surface area contributed by atoms with Crippen LogP contribution < -0.4 is 20.9 Å². The van der Waals surface area contributed by atoms with Crippen LogP contribution in [-0.2, 0) is 19.1 Å². The van der Waals surface area contributed by atoms with Crippen molar-refractivity contribution in [3.63, 3.8) is 0 Å². The van der Waals surface area contributed by atoms with E-state index in [0.717, 1.165) is 10.0 Å². The van der Waals surface area contributed by atoms with Crippen LogP contribution in [0.25, 0.3) is 0 Å². The summed E-state index contributed by atoms with van der Waals surface area (Å²) in [5.41, 5.74) is 5.54. The van der Waals surface area contributed by atoms with Crippen molar-refractivity contribution in [2.45, 2.75) is 19.8 Å². The summed E-state index contributed by atoms with van der Waals surface area (Å²) in [7, 11) is 1.24. The number of thiocarbonyl (C=S) groups is 1. The third-order valence-corrected chi connectivity index (χ3v) is 3.55. The average Bonchev–Trinajstić information content (AvgIpc) is 2.57. The molecule has 0 fully saturated rings. The minimum absolute atomic E-state index is 0.0579. The van der Waals surface area contributed by atoms with Crippen molar-refractivity contribution in [2.24, 2.45) is 0 Å². The fourth-order valence-electron chi connectivity index (χ4n) is 1.62. The number of hydrogen-bond donors (Lipinski definition) is 3. The molecule has 2 amide bonds. The lowest BCUT2D eigenvalue weighted by molar-refractivity contribution is -0.142. The molecule has 8 nitrogen and oxygen atoms in total. The zero-order valence-corrected chi connectivity index (χ0v) is 16.1. The number of esters is 1. The fourth-order valence-corrected chi connectivity index (χ4v) is 2.26. The summed E-state index contributed by atoms with van der Waals surface area (Å²) in [6, 6.07) is 5.41. The molecule has 10 heteroatoms. The molecule has 0 aliphatic rings. The Bertz CT molecular complexity index is 669. The lowest BCUT2D eigenvalue weighted by Gasteiger charge is -2.12. The number of ether oxygens (including phenoxy) is 2. The molecule has 0 bridgehead atoms. The molecule has 136 valence electrons. The summed E-state index contributed by atoms with van der Waals surface area (Å²) in [5.74, 6) is -0.868. The lowest BCUT2D eigenvalue weighted by Crippen LogP contribution is -2.49. The van der Waals surface area contributed by atoms with Crippen LogP contribution in [-0.4, -0.2) is 36.6 Å². The van der Waals surface area contributed by atoms with E-state index in [0.29, 0.717) is 5.75 Å². The molecule has 0 unspecified atom stereocenters. The first kappa shape index (κ1) is 20.8. The van der Waals surface area contributed by atoms with Gasteiger partial charge in [0.05, 0.1) is 13.5 Å². The van der Waals surface area contributed by atoms with Crippen LogP contribution in [0.4, 0.5) is 0 Å². The van der Waals surface area contributed by atoms with E-state index in [1.807, 2.05) is 13.0 Å². The summed E-state index contributed by atoms with van der Waals surface area (Å²) in [6.07, 6.45) is -0.133. The molecular weight excluding hydrogens is 414 g/mol. The second-order valence-corrected chi connectivity index (χ2v) is 6.15. The van der Waals surface area contributed by atoms with Gasteiger partial charge in [-0.3, -0.25) is 25.2 Å². The van der Waals surface area contributed by atoms with Crippen molar-refractivity contribution in [3.8, 4) is 5.75 Å². The molecule has 0 aliphatic carbocycles. The molecule has 0 aliphatic heterocycles. The molecule has 3 N–H and O–H groups in total. The van der Waals surface area contributed by atoms with Gasteiger partial charge in [-0.2, -0.15) is 0 Å². The highest BCUT2D eigenvalue weighted by Crippen LogP contribution is 2.21. The Balaban J connectivity index is 2.27. The Morgan fingerprint density at radius 1 is 1.16 bits per heavy atom. The van der Waals surface area contributed by atoms with E-state index in [4.69, 9.17) is 17.0 Å². The topological polar surface area (TPSA) is 106 Å². The maximum atomic E-state index is 11.7. The molecule has 0 atom stereocenters. The number of halogens is 1. The van der Waals surface area contributed by atoms with Crippen molar-refractivity contribution in [2.75, 3.05) is 13.7 Å². The van der Waals surface area contributed by atoms with Gasteiger partial charge in [-0.25, -0.2) is 0 Å². The molecule has 1 aromatic carbocycles. The Morgan fingerprint density at radius 3 is 2.52 bits per heavy atom. The zero-order valence-electron chi connectivity index (χ0n) is 13.7. The largest absolute Gasteiger partial charge is 0.483 e. The van der Waals surface area contributed by atoms with Crippen molar-refractivity contribution < 1.29 is 23.9 Å². The van der Waals surface area contributed by atoms with Gasteiger partial charge in [0.1, 0.15) is 5.75 Å². The van der Waals surface area contributed by atoms with E-state index in [1.54, 1.807) is 12.1 Å². The predicted molar refractivity (Wildman–Crippen MR) is 97.6 cm³/mol. The van der Waals surface area contributed by atoms with E-state index in [-0.39, 0.29) is 24.6 Å². The molecule has 0 saturated heterocycles. The van der Waals surface area contributed by atoms with Crippen LogP contribution in [0, 0.1) is 6.92 Å². The van der Waals surface area contributed by atoms with Crippen molar-refractivity contribution >= 4 is 51.0 Å². The fraction of sp³-hybridized carbons (Fsp3) is 0.333. The smallest absolute Gasteiger partial charge is 0.306 e. The minimum atomic E-state index is -0.497. The van der Waals surface area contributed by atoms with Crippen LogP contribution in [0.1, 0.15) is 18.4 Å². The molecule has 0 saturated carbocycles. The minimum Gasteiger partial charge on any atom is -0.483 e. The normalized spacial score (nSPS) is 9.72. The first-order chi connectivity index (χ1) is 11.8. The van der Waals surface area contributed by atoms with Crippen molar-refractivity contribution in [1.82, 2.24) is 16.2 Å². The van der Waals surface area contributed by atoms with Gasteiger partial charge in [0.25, 0.3) is 5.91 Å². The summed E-state index contributed by atoms with van der Waals surface area (Å²) < 4.78 is 10.7. The molecule has 0 heterocycles. The van der Waals surface area contributed by atoms with Gasteiger partial charge in [0, 0.05) is 10.9 Å². The third kappa shape index (κ3) is 8.45. The van der Waals surface area contributed by atoms with Gasteiger partial charge in [-0.1, -0.05) is 15.9 Å². The summed E-state index contributed by atoms with van der Waals surface area (Å²) >= 11 is 8.19. The van der Waals surface area contributed by atoms with Crippen molar-refractivity contribution in [3.05, 3.63) is 28.2 Å². The Morgan fingerprint density at radius 2 is 1.88 bits per heavy atom. The van der Waals surface area contributed by atoms with Gasteiger partial charge in [0.15, 0.2) is 11.7 Å². The SMILES string of the molecule is COC(=O)CCC(=O)NC(=S)NNC(=O)COc1ccc(Br)cc1C. The average molecular weight is 432 g/mol. The molecule has 0 aromatic heterocycles. The van der Waals surface area contributed by atoms with E-state index >= 15 is 0 Å². The highest BCUT2D eigenvalue weighted by molar-refractivity contribution is 9.10. The number of methoxy groups -OCH3 is 1. The molecule has 1 rings (SSSR count). The molecular formula is C15H18BrN3O5S. The first-order valence-electron chi connectivity index (χ1n) is 7.16. The zero-order chi connectivity index (χ0) is 18.8. The highest BCUT2D eigenvalue weighted by atomic mass is 79.9. The summed E-state index contributed by atoms with van der Waals surface area (Å²) in [5, 5.41) is 2.22. The van der Waals surface area contributed by atoms with E-state index in [9.17, 15) is 14.4 Å². The Labute approximate surface area is 158 Å². The molecule has 0 spiro atoms. The van der Waals surface area contributed by atoms with Crippen LogP contribution in [0.3, 0.4) is 0 Å². The number of carbonyl (C=O) groups excluding carboxylic acids is 3. The molecule has 1 aromatic rings. The van der Waals surface area contributed by atoms with Crippen LogP contribution >= 0.6 is 28.1 Å². The van der Waals surface area contributed by atoms with Gasteiger partial charge >= 0.3 is 5.97 Å². The number of nitrogens with one attached hydrogen (secondary N) is 3. The van der Waals surface area contributed by atoms with Crippen LogP contribution in [0.5, 0.6) is 5.75 Å². The number of hydrazine groups is 1. The first-order valence-corrected chi connectivity index (χ1v) is 8.36. The van der Waals surface area contributed by atoms with Gasteiger partial charge in [-0.15, -0.1) is 0 Å². The van der Waals surface area contributed by atoms with Crippen LogP contribution in [0.2, 0.25) is 0 Å². The van der Waals surface area contributed by atoms with Crippen molar-refractivity contribution in [1.29, 1.82) is 0 Å². The van der Waals surface area contributed by atoms with E-state index < -0.39 is 17.8 Å². The molecule has 25 heavy (non-hydrogen) atoms. The third-order valence-electron chi connectivity index (χ3n) is 2.85. The summed E-state index contributed by atoms with van der Waals surface area (Å²) in [6.45, 7) is 1.63. The summed E-state index contributed by atoms with van der Waals surface area (Å²) in [4.78, 5) is 34.1. The maximum Gasteiger partial charge on any atom is 0.306 e. The number of amides is 2. The standard InChI is InChI=1S/C15H18BrN3O5S/c1-9-7-10(16)3-4-11(9)24-8-13(21)18-19-15(25)17-12(20)5-6-14(22)23-2/h3-4,7H,5-6,8H2,1-2H3,(H,18,21)(H2,17,19,20,25). The van der Waals surface area contributed by atoms with Gasteiger partial charge in [0.2, 0.25) is 5.91 Å². The predicted octanol–water partition coefficient (Wildman–Crippen LogP) is 1.11. The van der Waals surface area contributed by atoms with Crippen LogP contribution in [0.15, 0.2) is 22.7 Å². The second kappa shape index (κ2) is 10.6. The van der Waals surface area contributed by atoms with Gasteiger partial charge in [-0.05, 0) is 42.9 Å². The number of benzene rings is 1. The number of rotatable bonds is 6. The highest BCUT2D eigenvalue weighted by Gasteiger charge is 2.10. The number of hydrogen-bond acceptors (Lipinski definition) is 6. The van der Waals surface area contributed by atoms with E-state index in [2.05, 4.69) is 36.8 Å². The second-order valence-electron chi connectivity index (χ2n) is 4.83. The quantitative estimate of drug-likeness (QED) is 0.351. The Kier molecular flexibility index (Phi) is 8.86. The maximum absolute atomic E-state index is 11.7. The monoisotopic (exact) mass is 431 g/mol. The van der Waals surface area contributed by atoms with Gasteiger partial charge < -0.3 is 14.8 Å².